The van der Waals surface area contributed by atoms with E-state index in [1.165, 1.54) is 22.3 Å². The van der Waals surface area contributed by atoms with Crippen molar-refractivity contribution in [1.82, 2.24) is 0 Å². The van der Waals surface area contributed by atoms with Crippen LogP contribution in [-0.2, 0) is 0 Å². The molecule has 0 fully saturated rings. The van der Waals surface area contributed by atoms with E-state index in [0.717, 1.165) is 12.2 Å². The number of hydrogen-bond acceptors (Lipinski definition) is 1. The Morgan fingerprint density at radius 1 is 0.870 bits per heavy atom. The number of rotatable bonds is 5. The SMILES string of the molecule is CC/C(=C(\c1ccccc1)C1C=CC=C1)c1ccc(OC)cc1. The number of ether oxygens (including phenoxy) is 1. The van der Waals surface area contributed by atoms with E-state index in [2.05, 4.69) is 73.7 Å². The minimum Gasteiger partial charge on any atom is -0.497 e. The van der Waals surface area contributed by atoms with Gasteiger partial charge in [0.1, 0.15) is 5.75 Å². The zero-order chi connectivity index (χ0) is 16.1. The van der Waals surface area contributed by atoms with Crippen molar-refractivity contribution >= 4 is 11.1 Å². The summed E-state index contributed by atoms with van der Waals surface area (Å²) in [4.78, 5) is 0. The molecule has 2 aromatic carbocycles. The van der Waals surface area contributed by atoms with Gasteiger partial charge in [-0.1, -0.05) is 73.7 Å². The topological polar surface area (TPSA) is 9.23 Å². The van der Waals surface area contributed by atoms with Crippen molar-refractivity contribution in [3.05, 3.63) is 90.0 Å². The Morgan fingerprint density at radius 2 is 1.52 bits per heavy atom. The first-order valence-electron chi connectivity index (χ1n) is 8.11. The summed E-state index contributed by atoms with van der Waals surface area (Å²) in [6.45, 7) is 2.23. The molecule has 0 heterocycles. The first kappa shape index (κ1) is 15.4. The van der Waals surface area contributed by atoms with E-state index in [9.17, 15) is 0 Å². The molecule has 0 amide bonds. The third-order valence-corrected chi connectivity index (χ3v) is 4.28. The Balaban J connectivity index is 2.14. The van der Waals surface area contributed by atoms with Crippen LogP contribution in [0, 0.1) is 5.92 Å². The van der Waals surface area contributed by atoms with Crippen LogP contribution in [0.4, 0.5) is 0 Å². The molecular formula is C22H22O. The second-order valence-electron chi connectivity index (χ2n) is 5.64. The molecule has 0 atom stereocenters. The van der Waals surface area contributed by atoms with Crippen molar-refractivity contribution in [3.63, 3.8) is 0 Å². The average molecular weight is 302 g/mol. The van der Waals surface area contributed by atoms with Gasteiger partial charge in [-0.3, -0.25) is 0 Å². The van der Waals surface area contributed by atoms with Crippen molar-refractivity contribution < 1.29 is 4.74 Å². The first-order chi connectivity index (χ1) is 11.3. The van der Waals surface area contributed by atoms with Crippen LogP contribution in [0.2, 0.25) is 0 Å². The normalized spacial score (nSPS) is 14.9. The highest BCUT2D eigenvalue weighted by Gasteiger charge is 2.18. The van der Waals surface area contributed by atoms with E-state index in [4.69, 9.17) is 4.74 Å². The molecule has 0 N–H and O–H groups in total. The molecule has 0 saturated carbocycles. The lowest BCUT2D eigenvalue weighted by molar-refractivity contribution is 0.415. The highest BCUT2D eigenvalue weighted by atomic mass is 16.5. The lowest BCUT2D eigenvalue weighted by Crippen LogP contribution is -2.00. The second-order valence-corrected chi connectivity index (χ2v) is 5.64. The maximum Gasteiger partial charge on any atom is 0.118 e. The Hall–Kier alpha value is -2.54. The molecule has 1 aliphatic carbocycles. The van der Waals surface area contributed by atoms with E-state index in [1.54, 1.807) is 7.11 Å². The maximum absolute atomic E-state index is 5.29. The summed E-state index contributed by atoms with van der Waals surface area (Å²) in [5.41, 5.74) is 5.34. The molecule has 0 aromatic heterocycles. The van der Waals surface area contributed by atoms with Crippen molar-refractivity contribution in [1.29, 1.82) is 0 Å². The average Bonchev–Trinajstić information content (AvgIpc) is 3.14. The van der Waals surface area contributed by atoms with E-state index >= 15 is 0 Å². The number of benzene rings is 2. The fourth-order valence-electron chi connectivity index (χ4n) is 3.15. The van der Waals surface area contributed by atoms with Gasteiger partial charge in [0.15, 0.2) is 0 Å². The van der Waals surface area contributed by atoms with Crippen molar-refractivity contribution in [2.24, 2.45) is 5.92 Å². The third kappa shape index (κ3) is 3.29. The summed E-state index contributed by atoms with van der Waals surface area (Å²) in [5, 5.41) is 0. The van der Waals surface area contributed by atoms with Gasteiger partial charge in [-0.05, 0) is 40.8 Å². The Morgan fingerprint density at radius 3 is 2.09 bits per heavy atom. The fraction of sp³-hybridized carbons (Fsp3) is 0.182. The van der Waals surface area contributed by atoms with Crippen molar-refractivity contribution in [3.8, 4) is 5.75 Å². The summed E-state index contributed by atoms with van der Waals surface area (Å²) >= 11 is 0. The van der Waals surface area contributed by atoms with Gasteiger partial charge in [-0.25, -0.2) is 0 Å². The molecule has 23 heavy (non-hydrogen) atoms. The van der Waals surface area contributed by atoms with Crippen LogP contribution >= 0.6 is 0 Å². The molecule has 1 nitrogen and oxygen atoms in total. The lowest BCUT2D eigenvalue weighted by atomic mass is 9.85. The van der Waals surface area contributed by atoms with Crippen LogP contribution in [0.15, 0.2) is 78.9 Å². The zero-order valence-corrected chi connectivity index (χ0v) is 13.7. The second kappa shape index (κ2) is 7.15. The van der Waals surface area contributed by atoms with Crippen LogP contribution in [-0.4, -0.2) is 7.11 Å². The fourth-order valence-corrected chi connectivity index (χ4v) is 3.15. The molecule has 2 aromatic rings. The molecule has 0 bridgehead atoms. The predicted octanol–water partition coefficient (Wildman–Crippen LogP) is 5.76. The van der Waals surface area contributed by atoms with Crippen LogP contribution in [0.1, 0.15) is 24.5 Å². The molecule has 0 unspecified atom stereocenters. The van der Waals surface area contributed by atoms with E-state index in [1.807, 2.05) is 12.1 Å². The van der Waals surface area contributed by atoms with Crippen molar-refractivity contribution in [2.75, 3.05) is 7.11 Å². The summed E-state index contributed by atoms with van der Waals surface area (Å²) in [6, 6.07) is 19.1. The van der Waals surface area contributed by atoms with Gasteiger partial charge in [-0.2, -0.15) is 0 Å². The maximum atomic E-state index is 5.29. The van der Waals surface area contributed by atoms with E-state index < -0.39 is 0 Å². The molecule has 1 aliphatic rings. The summed E-state index contributed by atoms with van der Waals surface area (Å²) in [6.07, 6.45) is 9.79. The largest absolute Gasteiger partial charge is 0.497 e. The Bertz CT molecular complexity index is 721. The van der Waals surface area contributed by atoms with Gasteiger partial charge >= 0.3 is 0 Å². The highest BCUT2D eigenvalue weighted by molar-refractivity contribution is 5.93. The minimum absolute atomic E-state index is 0.342. The van der Waals surface area contributed by atoms with Gasteiger partial charge in [0.05, 0.1) is 7.11 Å². The van der Waals surface area contributed by atoms with Crippen molar-refractivity contribution in [2.45, 2.75) is 13.3 Å². The first-order valence-corrected chi connectivity index (χ1v) is 8.11. The van der Waals surface area contributed by atoms with Gasteiger partial charge < -0.3 is 4.74 Å². The van der Waals surface area contributed by atoms with E-state index in [0.29, 0.717) is 5.92 Å². The van der Waals surface area contributed by atoms with Crippen LogP contribution in [0.25, 0.3) is 11.1 Å². The molecular weight excluding hydrogens is 280 g/mol. The van der Waals surface area contributed by atoms with E-state index in [-0.39, 0.29) is 0 Å². The summed E-state index contributed by atoms with van der Waals surface area (Å²) in [5.74, 6) is 1.24. The third-order valence-electron chi connectivity index (χ3n) is 4.28. The smallest absolute Gasteiger partial charge is 0.118 e. The van der Waals surface area contributed by atoms with Gasteiger partial charge in [0, 0.05) is 5.92 Å². The Labute approximate surface area is 138 Å². The highest BCUT2D eigenvalue weighted by Crippen LogP contribution is 2.37. The number of hydrogen-bond donors (Lipinski definition) is 0. The summed E-state index contributed by atoms with van der Waals surface area (Å²) in [7, 11) is 1.70. The zero-order valence-electron chi connectivity index (χ0n) is 13.7. The molecule has 0 aliphatic heterocycles. The molecule has 1 heteroatoms. The predicted molar refractivity (Wildman–Crippen MR) is 98.3 cm³/mol. The molecule has 116 valence electrons. The quantitative estimate of drug-likeness (QED) is 0.638. The van der Waals surface area contributed by atoms with Crippen LogP contribution in [0.5, 0.6) is 5.75 Å². The molecule has 0 spiro atoms. The Kier molecular flexibility index (Phi) is 4.77. The molecule has 0 radical (unpaired) electrons. The number of allylic oxidation sites excluding steroid dienone is 6. The minimum atomic E-state index is 0.342. The standard InChI is InChI=1S/C22H22O/c1-3-21(17-13-15-20(23-2)16-14-17)22(19-11-7-8-12-19)18-9-5-4-6-10-18/h4-16,19H,3H2,1-2H3/b22-21-. The number of methoxy groups -OCH3 is 1. The molecule has 0 saturated heterocycles. The summed E-state index contributed by atoms with van der Waals surface area (Å²) < 4.78 is 5.29. The van der Waals surface area contributed by atoms with Crippen LogP contribution in [0.3, 0.4) is 0 Å². The lowest BCUT2D eigenvalue weighted by Gasteiger charge is -2.19. The van der Waals surface area contributed by atoms with Crippen LogP contribution < -0.4 is 4.74 Å². The monoisotopic (exact) mass is 302 g/mol. The van der Waals surface area contributed by atoms with Gasteiger partial charge in [0.25, 0.3) is 0 Å². The van der Waals surface area contributed by atoms with Gasteiger partial charge in [0.2, 0.25) is 0 Å². The molecule has 3 rings (SSSR count). The van der Waals surface area contributed by atoms with Gasteiger partial charge in [-0.15, -0.1) is 0 Å².